The van der Waals surface area contributed by atoms with Crippen LogP contribution in [0.1, 0.15) is 41.5 Å². The Bertz CT molecular complexity index is 2470. The minimum atomic E-state index is -1.78. The van der Waals surface area contributed by atoms with Crippen LogP contribution in [0.5, 0.6) is 0 Å². The van der Waals surface area contributed by atoms with Gasteiger partial charge in [-0.25, -0.2) is 0 Å². The Hall–Kier alpha value is -1.76. The highest BCUT2D eigenvalue weighted by molar-refractivity contribution is 5.02. The summed E-state index contributed by atoms with van der Waals surface area (Å²) >= 11 is 0. The number of aliphatic hydroxyl groups is 26. The molecule has 44 nitrogen and oxygen atoms in total. The fraction of sp³-hybridized carbons (Fsp3) is 1.00. The van der Waals surface area contributed by atoms with Crippen molar-refractivity contribution in [3.05, 3.63) is 0 Å². The fourth-order valence-corrected chi connectivity index (χ4v) is 13.8. The lowest BCUT2D eigenvalue weighted by atomic mass is 9.91. The number of hydrogen-bond donors (Lipinski definition) is 26. The van der Waals surface area contributed by atoms with E-state index in [0.29, 0.717) is 0 Å². The molecule has 9 heterocycles. The molecule has 26 N–H and O–H groups in total. The second-order valence-corrected chi connectivity index (χ2v) is 27.8. The lowest BCUT2D eigenvalue weighted by molar-refractivity contribution is -0.367. The van der Waals surface area contributed by atoms with Crippen molar-refractivity contribution in [2.45, 2.75) is 311 Å². The van der Waals surface area contributed by atoms with Gasteiger partial charge in [0.2, 0.25) is 0 Å². The minimum absolute atomic E-state index is 0.238. The molecule has 0 radical (unpaired) electrons. The van der Waals surface area contributed by atoms with Gasteiger partial charge in [0.1, 0.15) is 208 Å². The fourth-order valence-electron chi connectivity index (χ4n) is 13.8. The Balaban J connectivity index is 0.000000265. The molecular formula is C65H122O44. The lowest BCUT2D eigenvalue weighted by Gasteiger charge is -2.47. The standard InChI is InChI=1S/C21H38O14.C20H36O15.3C8H16O5/c1-7-16(33-21-15(29)14(28)18(34-21)11(6-24)30-3)13(27)10(5-23)32-20(7)35-19-12(26)8(2)31-17(19)9(25)4-22;1-6-10(25)18(15(31-6)7(24)3-21)35-20-14(29)17(12(27)9(5-23)33-20)34-19-13(28)16(30-2)11(26)8(4-22)32-19;1-4-6(10)7(11)8(13-4)5(3-9)12-2;1-4-6(10)8(12-2)7(11)5(3-9)13-4;1-4-6(11)8(12-2)7(13-4)5(10)3-9/h7-29H,4-6H2,1-3H3;6-29H,3-5H2,1-2H3;3*4-11H,3H2,1-2H3/t7?,8-,9-,10?,11-,12?,13-,14+,15?,16-,17+,18+,19+,20+,21-;6-,7-,8?,9?,10?,11+,12+,13?,14?,15+,16+,17+,18+,19+,20-;4-,5-,6?,7+,8+;4-,5?,6?,7+,8-;4-,5-,6?,7+,8+/m11111/s1. The molecule has 0 aromatic heterocycles. The Labute approximate surface area is 628 Å². The van der Waals surface area contributed by atoms with E-state index in [-0.39, 0.29) is 19.3 Å². The summed E-state index contributed by atoms with van der Waals surface area (Å²) in [5.41, 5.74) is 0. The molecule has 0 aromatic carbocycles. The van der Waals surface area contributed by atoms with E-state index in [1.807, 2.05) is 0 Å². The maximum atomic E-state index is 10.9. The van der Waals surface area contributed by atoms with Crippen LogP contribution < -0.4 is 0 Å². The highest BCUT2D eigenvalue weighted by Gasteiger charge is 2.58. The summed E-state index contributed by atoms with van der Waals surface area (Å²) in [6.45, 7) is 4.97. The predicted octanol–water partition coefficient (Wildman–Crippen LogP) is -14.9. The first-order chi connectivity index (χ1) is 51.5. The number of hydrogen-bond acceptors (Lipinski definition) is 44. The maximum Gasteiger partial charge on any atom is 0.187 e. The zero-order valence-corrected chi connectivity index (χ0v) is 62.3. The summed E-state index contributed by atoms with van der Waals surface area (Å²) in [5, 5.41) is 255. The molecule has 44 heteroatoms. The number of aliphatic hydroxyl groups excluding tert-OH is 26. The second-order valence-electron chi connectivity index (χ2n) is 27.8. The Morgan fingerprint density at radius 3 is 0.899 bits per heavy atom. The summed E-state index contributed by atoms with van der Waals surface area (Å²) in [6, 6.07) is 0. The van der Waals surface area contributed by atoms with Gasteiger partial charge in [-0.2, -0.15) is 0 Å². The van der Waals surface area contributed by atoms with Crippen LogP contribution in [-0.4, -0.2) is 497 Å². The molecule has 0 spiro atoms. The number of ether oxygens (including phenoxy) is 18. The van der Waals surface area contributed by atoms with Crippen molar-refractivity contribution in [2.24, 2.45) is 5.92 Å². The monoisotopic (exact) mass is 1610 g/mol. The second kappa shape index (κ2) is 45.8. The van der Waals surface area contributed by atoms with E-state index >= 15 is 0 Å². The third-order valence-electron chi connectivity index (χ3n) is 20.6. The van der Waals surface area contributed by atoms with Gasteiger partial charge in [-0.15, -0.1) is 0 Å². The van der Waals surface area contributed by atoms with Gasteiger partial charge in [0.05, 0.1) is 96.1 Å². The highest BCUT2D eigenvalue weighted by Crippen LogP contribution is 2.39. The number of methoxy groups -OCH3 is 5. The van der Waals surface area contributed by atoms with E-state index in [0.717, 1.165) is 0 Å². The van der Waals surface area contributed by atoms with E-state index in [1.165, 1.54) is 42.5 Å². The van der Waals surface area contributed by atoms with Crippen molar-refractivity contribution in [3.8, 4) is 0 Å². The quantitative estimate of drug-likeness (QED) is 0.0363. The molecule has 109 heavy (non-hydrogen) atoms. The Kier molecular flexibility index (Phi) is 41.1. The summed E-state index contributed by atoms with van der Waals surface area (Å²) in [6.07, 6.45) is -48.3. The molecule has 0 saturated carbocycles. The van der Waals surface area contributed by atoms with Crippen LogP contribution in [0.3, 0.4) is 0 Å². The van der Waals surface area contributed by atoms with Crippen molar-refractivity contribution in [3.63, 3.8) is 0 Å². The molecule has 9 aliphatic heterocycles. The van der Waals surface area contributed by atoms with Crippen molar-refractivity contribution in [1.29, 1.82) is 0 Å². The van der Waals surface area contributed by atoms with Crippen LogP contribution in [-0.2, 0) is 85.3 Å². The SMILES string of the molecule is CO[C@@H]1C(O)[C@@H](C)OC(CO)[C@@H]1O.CO[C@@H]1C(O)[C@H](O[C@@H]2C(O)[C@@H](O[C@H]3C(O)[C@@H](C)O[C@H]3[C@H](O)CO)OC(CO)[C@@H]2O)OC(CO)[C@@H]1O.CO[C@H](CO)[C@@H]1O[C@@H](O[C@@H]2C(C)[C@H](O[C@H]3C(O)[C@@H](C)O[C@H]3[C@H](O)CO)OC(CO)[C@H]2O)C(O)[C@@H]1O.CO[C@H](CO)[C@@H]1O[C@H](C)C(O)[C@@H]1O.CO[C@H]1C(O)[C@@H](C)O[C@H]1[C@H](O)CO. The molecule has 13 unspecified atom stereocenters. The van der Waals surface area contributed by atoms with Gasteiger partial charge in [-0.3, -0.25) is 0 Å². The van der Waals surface area contributed by atoms with Gasteiger partial charge in [0.15, 0.2) is 25.2 Å². The van der Waals surface area contributed by atoms with Crippen molar-refractivity contribution in [2.75, 3.05) is 95.0 Å². The zero-order chi connectivity index (χ0) is 82.1. The predicted molar refractivity (Wildman–Crippen MR) is 355 cm³/mol. The van der Waals surface area contributed by atoms with Crippen LogP contribution >= 0.6 is 0 Å². The largest absolute Gasteiger partial charge is 0.394 e. The van der Waals surface area contributed by atoms with Gasteiger partial charge in [0.25, 0.3) is 0 Å². The molecular weight excluding hydrogens is 1480 g/mol. The molecule has 646 valence electrons. The smallest absolute Gasteiger partial charge is 0.187 e. The Morgan fingerprint density at radius 1 is 0.248 bits per heavy atom. The first kappa shape index (κ1) is 97.8. The van der Waals surface area contributed by atoms with Crippen molar-refractivity contribution >= 4 is 0 Å². The van der Waals surface area contributed by atoms with Crippen LogP contribution in [0.25, 0.3) is 0 Å². The van der Waals surface area contributed by atoms with E-state index in [2.05, 4.69) is 0 Å². The molecule has 9 aliphatic rings. The summed E-state index contributed by atoms with van der Waals surface area (Å²) in [5.74, 6) is -0.772. The maximum absolute atomic E-state index is 10.9. The van der Waals surface area contributed by atoms with Crippen LogP contribution in [0.15, 0.2) is 0 Å². The van der Waals surface area contributed by atoms with Gasteiger partial charge in [0, 0.05) is 41.5 Å². The van der Waals surface area contributed by atoms with E-state index < -0.39 is 315 Å². The zero-order valence-electron chi connectivity index (χ0n) is 62.3. The van der Waals surface area contributed by atoms with E-state index in [1.54, 1.807) is 34.6 Å². The Morgan fingerprint density at radius 2 is 0.523 bits per heavy atom. The molecule has 0 bridgehead atoms. The summed E-state index contributed by atoms with van der Waals surface area (Å²) in [4.78, 5) is 0. The van der Waals surface area contributed by atoms with Gasteiger partial charge in [-0.05, 0) is 34.6 Å². The summed E-state index contributed by atoms with van der Waals surface area (Å²) < 4.78 is 96.7. The van der Waals surface area contributed by atoms with E-state index in [9.17, 15) is 117 Å². The highest BCUT2D eigenvalue weighted by atomic mass is 16.8. The average Bonchev–Trinajstić information content (AvgIpc) is 1.39. The van der Waals surface area contributed by atoms with Crippen LogP contribution in [0, 0.1) is 5.92 Å². The number of rotatable bonds is 27. The molecule has 9 fully saturated rings. The van der Waals surface area contributed by atoms with Crippen molar-refractivity contribution < 1.29 is 218 Å². The minimum Gasteiger partial charge on any atom is -0.394 e. The topological polar surface area (TPSA) is 692 Å². The summed E-state index contributed by atoms with van der Waals surface area (Å²) in [7, 11) is 6.78. The molecule has 0 aliphatic carbocycles. The molecule has 9 rings (SSSR count). The first-order valence-electron chi connectivity index (χ1n) is 35.7. The van der Waals surface area contributed by atoms with Gasteiger partial charge < -0.3 is 218 Å². The first-order valence-corrected chi connectivity index (χ1v) is 35.7. The molecule has 0 aromatic rings. The normalized spacial score (nSPS) is 47.1. The van der Waals surface area contributed by atoms with Crippen molar-refractivity contribution in [1.82, 2.24) is 0 Å². The molecule has 9 saturated heterocycles. The van der Waals surface area contributed by atoms with E-state index in [4.69, 9.17) is 101 Å². The van der Waals surface area contributed by atoms with Gasteiger partial charge in [-0.1, -0.05) is 6.92 Å². The molecule has 45 atom stereocenters. The molecule has 0 amide bonds. The van der Waals surface area contributed by atoms with Gasteiger partial charge >= 0.3 is 0 Å². The lowest BCUT2D eigenvalue weighted by Crippen LogP contribution is -2.65. The third-order valence-corrected chi connectivity index (χ3v) is 20.6. The third kappa shape index (κ3) is 23.4. The average molecular weight is 1610 g/mol. The van der Waals surface area contributed by atoms with Crippen LogP contribution in [0.2, 0.25) is 0 Å². The van der Waals surface area contributed by atoms with Crippen LogP contribution in [0.4, 0.5) is 0 Å².